The van der Waals surface area contributed by atoms with E-state index in [-0.39, 0.29) is 0 Å². The molecule has 0 aliphatic rings. The van der Waals surface area contributed by atoms with E-state index in [1.54, 1.807) is 6.20 Å². The van der Waals surface area contributed by atoms with Gasteiger partial charge in [0.15, 0.2) is 0 Å². The van der Waals surface area contributed by atoms with Crippen LogP contribution in [0.4, 0.5) is 0 Å². The van der Waals surface area contributed by atoms with Gasteiger partial charge in [0.1, 0.15) is 0 Å². The predicted molar refractivity (Wildman–Crippen MR) is 71.6 cm³/mol. The summed E-state index contributed by atoms with van der Waals surface area (Å²) >= 11 is 5.77. The van der Waals surface area contributed by atoms with Crippen molar-refractivity contribution in [3.05, 3.63) is 47.9 Å². The van der Waals surface area contributed by atoms with Gasteiger partial charge in [-0.15, -0.1) is 11.6 Å². The van der Waals surface area contributed by atoms with E-state index in [1.807, 2.05) is 34.7 Å². The molecule has 0 saturated heterocycles. The van der Waals surface area contributed by atoms with E-state index in [1.165, 1.54) is 5.39 Å². The van der Waals surface area contributed by atoms with E-state index >= 15 is 0 Å². The Kier molecular flexibility index (Phi) is 2.80. The quantitative estimate of drug-likeness (QED) is 0.679. The zero-order valence-corrected chi connectivity index (χ0v) is 10.8. The van der Waals surface area contributed by atoms with Gasteiger partial charge in [0.25, 0.3) is 0 Å². The average molecular weight is 261 g/mol. The lowest BCUT2D eigenvalue weighted by molar-refractivity contribution is 0.655. The Morgan fingerprint density at radius 2 is 2.11 bits per heavy atom. The van der Waals surface area contributed by atoms with E-state index in [2.05, 4.69) is 22.3 Å². The number of fused-ring (bicyclic) bond motifs is 1. The van der Waals surface area contributed by atoms with Crippen LogP contribution in [0.5, 0.6) is 0 Å². The van der Waals surface area contributed by atoms with Gasteiger partial charge in [-0.05, 0) is 6.07 Å². The van der Waals surface area contributed by atoms with Crippen LogP contribution in [0, 0.1) is 0 Å². The molecule has 3 rings (SSSR count). The number of aryl methyl sites for hydroxylation is 1. The first-order valence-corrected chi connectivity index (χ1v) is 6.29. The van der Waals surface area contributed by atoms with E-state index in [4.69, 9.17) is 11.6 Å². The number of rotatable bonds is 3. The van der Waals surface area contributed by atoms with Gasteiger partial charge < -0.3 is 0 Å². The van der Waals surface area contributed by atoms with Crippen molar-refractivity contribution < 1.29 is 0 Å². The highest BCUT2D eigenvalue weighted by molar-refractivity contribution is 6.17. The minimum Gasteiger partial charge on any atom is -0.268 e. The molecule has 92 valence electrons. The summed E-state index contributed by atoms with van der Waals surface area (Å²) in [6.07, 6.45) is 3.74. The minimum atomic E-state index is 0.489. The summed E-state index contributed by atoms with van der Waals surface area (Å²) in [7, 11) is 1.96. The zero-order chi connectivity index (χ0) is 12.5. The molecule has 2 aromatic heterocycles. The van der Waals surface area contributed by atoms with Gasteiger partial charge >= 0.3 is 0 Å². The molecule has 0 unspecified atom stereocenters. The van der Waals surface area contributed by atoms with Crippen LogP contribution in [-0.4, -0.2) is 19.6 Å². The summed E-state index contributed by atoms with van der Waals surface area (Å²) in [6.45, 7) is 0.665. The first-order chi connectivity index (χ1) is 8.78. The SMILES string of the molecule is Cn1nc(Cn2cc(CCl)cn2)c2ccccc21. The van der Waals surface area contributed by atoms with Crippen molar-refractivity contribution >= 4 is 22.5 Å². The fourth-order valence-corrected chi connectivity index (χ4v) is 2.26. The van der Waals surface area contributed by atoms with Crippen molar-refractivity contribution in [1.29, 1.82) is 0 Å². The highest BCUT2D eigenvalue weighted by Crippen LogP contribution is 2.18. The maximum Gasteiger partial charge on any atom is 0.0918 e. The van der Waals surface area contributed by atoms with Crippen LogP contribution in [-0.2, 0) is 19.5 Å². The van der Waals surface area contributed by atoms with E-state index in [0.717, 1.165) is 16.8 Å². The van der Waals surface area contributed by atoms with E-state index < -0.39 is 0 Å². The van der Waals surface area contributed by atoms with Crippen molar-refractivity contribution in [3.8, 4) is 0 Å². The lowest BCUT2D eigenvalue weighted by atomic mass is 10.2. The van der Waals surface area contributed by atoms with Crippen molar-refractivity contribution in [3.63, 3.8) is 0 Å². The third-order valence-electron chi connectivity index (χ3n) is 2.99. The van der Waals surface area contributed by atoms with Gasteiger partial charge in [-0.2, -0.15) is 10.2 Å². The summed E-state index contributed by atoms with van der Waals surface area (Å²) < 4.78 is 3.77. The molecule has 0 saturated carbocycles. The Balaban J connectivity index is 1.99. The van der Waals surface area contributed by atoms with Gasteiger partial charge in [0.2, 0.25) is 0 Å². The molecule has 0 radical (unpaired) electrons. The maximum atomic E-state index is 5.77. The summed E-state index contributed by atoms with van der Waals surface area (Å²) in [5.74, 6) is 0.489. The smallest absolute Gasteiger partial charge is 0.0918 e. The third-order valence-corrected chi connectivity index (χ3v) is 3.30. The van der Waals surface area contributed by atoms with Crippen LogP contribution in [0.15, 0.2) is 36.7 Å². The van der Waals surface area contributed by atoms with Crippen LogP contribution in [0.2, 0.25) is 0 Å². The molecule has 2 heterocycles. The topological polar surface area (TPSA) is 35.6 Å². The summed E-state index contributed by atoms with van der Waals surface area (Å²) in [5.41, 5.74) is 3.19. The van der Waals surface area contributed by atoms with Gasteiger partial charge in [0, 0.05) is 24.2 Å². The molecule has 18 heavy (non-hydrogen) atoms. The molecular formula is C13H13ClN4. The molecule has 0 spiro atoms. The Bertz CT molecular complexity index is 683. The van der Waals surface area contributed by atoms with Crippen LogP contribution in [0.3, 0.4) is 0 Å². The lowest BCUT2D eigenvalue weighted by Gasteiger charge is -1.98. The summed E-state index contributed by atoms with van der Waals surface area (Å²) in [6, 6.07) is 8.21. The first-order valence-electron chi connectivity index (χ1n) is 5.76. The number of nitrogens with zero attached hydrogens (tertiary/aromatic N) is 4. The third kappa shape index (κ3) is 1.88. The number of para-hydroxylation sites is 1. The van der Waals surface area contributed by atoms with Gasteiger partial charge in [0.05, 0.1) is 29.8 Å². The van der Waals surface area contributed by atoms with Crippen molar-refractivity contribution in [2.45, 2.75) is 12.4 Å². The second-order valence-corrected chi connectivity index (χ2v) is 4.53. The Morgan fingerprint density at radius 1 is 1.28 bits per heavy atom. The Labute approximate surface area is 110 Å². The Hall–Kier alpha value is -1.81. The molecule has 0 amide bonds. The van der Waals surface area contributed by atoms with Crippen molar-refractivity contribution in [2.24, 2.45) is 7.05 Å². The second-order valence-electron chi connectivity index (χ2n) is 4.27. The number of benzene rings is 1. The Morgan fingerprint density at radius 3 is 2.89 bits per heavy atom. The predicted octanol–water partition coefficient (Wildman–Crippen LogP) is 2.56. The highest BCUT2D eigenvalue weighted by atomic mass is 35.5. The van der Waals surface area contributed by atoms with E-state index in [9.17, 15) is 0 Å². The fraction of sp³-hybridized carbons (Fsp3) is 0.231. The van der Waals surface area contributed by atoms with Crippen LogP contribution >= 0.6 is 11.6 Å². The van der Waals surface area contributed by atoms with Gasteiger partial charge in [-0.1, -0.05) is 18.2 Å². The monoisotopic (exact) mass is 260 g/mol. The molecule has 4 nitrogen and oxygen atoms in total. The summed E-state index contributed by atoms with van der Waals surface area (Å²) in [5, 5.41) is 9.99. The normalized spacial score (nSPS) is 11.2. The zero-order valence-electron chi connectivity index (χ0n) is 10.0. The first kappa shape index (κ1) is 11.3. The number of hydrogen-bond acceptors (Lipinski definition) is 2. The van der Waals surface area contributed by atoms with Crippen LogP contribution in [0.25, 0.3) is 10.9 Å². The van der Waals surface area contributed by atoms with Gasteiger partial charge in [-0.25, -0.2) is 0 Å². The molecular weight excluding hydrogens is 248 g/mol. The number of hydrogen-bond donors (Lipinski definition) is 0. The molecule has 1 aromatic carbocycles. The lowest BCUT2D eigenvalue weighted by Crippen LogP contribution is -2.01. The largest absolute Gasteiger partial charge is 0.268 e. The standard InChI is InChI=1S/C13H13ClN4/c1-17-13-5-3-2-4-11(13)12(16-17)9-18-8-10(6-14)7-15-18/h2-5,7-8H,6,9H2,1H3. The van der Waals surface area contributed by atoms with Crippen molar-refractivity contribution in [2.75, 3.05) is 0 Å². The van der Waals surface area contributed by atoms with Crippen LogP contribution < -0.4 is 0 Å². The highest BCUT2D eigenvalue weighted by Gasteiger charge is 2.08. The number of halogens is 1. The molecule has 0 aliphatic carbocycles. The number of aromatic nitrogens is 4. The maximum absolute atomic E-state index is 5.77. The molecule has 0 N–H and O–H groups in total. The fourth-order valence-electron chi connectivity index (χ4n) is 2.12. The molecule has 0 bridgehead atoms. The second kappa shape index (κ2) is 4.46. The summed E-state index contributed by atoms with van der Waals surface area (Å²) in [4.78, 5) is 0. The molecule has 3 aromatic rings. The molecule has 0 aliphatic heterocycles. The van der Waals surface area contributed by atoms with Gasteiger partial charge in [-0.3, -0.25) is 9.36 Å². The molecule has 0 fully saturated rings. The minimum absolute atomic E-state index is 0.489. The average Bonchev–Trinajstić information content (AvgIpc) is 2.97. The van der Waals surface area contributed by atoms with E-state index in [0.29, 0.717) is 12.4 Å². The molecule has 5 heteroatoms. The van der Waals surface area contributed by atoms with Crippen molar-refractivity contribution in [1.82, 2.24) is 19.6 Å². The van der Waals surface area contributed by atoms with Crippen LogP contribution in [0.1, 0.15) is 11.3 Å². The molecule has 0 atom stereocenters. The number of alkyl halides is 1.